The average molecular weight is 290 g/mol. The van der Waals surface area contributed by atoms with Crippen molar-refractivity contribution >= 4 is 10.9 Å². The lowest BCUT2D eigenvalue weighted by Crippen LogP contribution is -2.31. The van der Waals surface area contributed by atoms with Crippen LogP contribution in [0.4, 0.5) is 0 Å². The van der Waals surface area contributed by atoms with Gasteiger partial charge in [-0.3, -0.25) is 0 Å². The Labute approximate surface area is 131 Å². The van der Waals surface area contributed by atoms with Gasteiger partial charge in [-0.05, 0) is 54.1 Å². The van der Waals surface area contributed by atoms with E-state index in [1.807, 2.05) is 0 Å². The van der Waals surface area contributed by atoms with Crippen molar-refractivity contribution < 1.29 is 0 Å². The van der Waals surface area contributed by atoms with Gasteiger partial charge in [0.15, 0.2) is 0 Å². The predicted molar refractivity (Wildman–Crippen MR) is 92.2 cm³/mol. The number of hydrogen-bond donors (Lipinski definition) is 1. The molecule has 2 heteroatoms. The van der Waals surface area contributed by atoms with Crippen molar-refractivity contribution in [3.63, 3.8) is 0 Å². The molecule has 0 spiro atoms. The number of nitrogens with zero attached hydrogens (tertiary/aromatic N) is 1. The summed E-state index contributed by atoms with van der Waals surface area (Å²) in [7, 11) is 2.11. The Morgan fingerprint density at radius 3 is 2.73 bits per heavy atom. The maximum Gasteiger partial charge on any atom is 0.0477 e. The Kier molecular flexibility index (Phi) is 3.27. The second-order valence-corrected chi connectivity index (χ2v) is 6.57. The molecule has 112 valence electrons. The minimum absolute atomic E-state index is 0.228. The Balaban J connectivity index is 1.76. The van der Waals surface area contributed by atoms with Crippen molar-refractivity contribution in [1.29, 1.82) is 0 Å². The van der Waals surface area contributed by atoms with Crippen molar-refractivity contribution in [2.75, 3.05) is 13.1 Å². The molecule has 1 aliphatic rings. The van der Waals surface area contributed by atoms with Crippen molar-refractivity contribution in [2.45, 2.75) is 18.3 Å². The predicted octanol–water partition coefficient (Wildman–Crippen LogP) is 3.65. The second-order valence-electron chi connectivity index (χ2n) is 6.57. The van der Waals surface area contributed by atoms with Gasteiger partial charge in [0.05, 0.1) is 0 Å². The van der Waals surface area contributed by atoms with Crippen molar-refractivity contribution in [3.05, 3.63) is 71.9 Å². The number of fused-ring (bicyclic) bond motifs is 1. The molecule has 2 nitrogen and oxygen atoms in total. The topological polar surface area (TPSA) is 17.0 Å². The molecule has 2 heterocycles. The highest BCUT2D eigenvalue weighted by molar-refractivity contribution is 5.81. The molecule has 3 aromatic rings. The van der Waals surface area contributed by atoms with E-state index in [9.17, 15) is 0 Å². The molecule has 0 bridgehead atoms. The van der Waals surface area contributed by atoms with Crippen molar-refractivity contribution in [1.82, 2.24) is 9.88 Å². The Bertz CT molecular complexity index is 780. The smallest absolute Gasteiger partial charge is 0.0477 e. The third kappa shape index (κ3) is 2.24. The number of rotatable bonds is 3. The van der Waals surface area contributed by atoms with Gasteiger partial charge in [0.25, 0.3) is 0 Å². The van der Waals surface area contributed by atoms with E-state index in [0.29, 0.717) is 0 Å². The zero-order chi connectivity index (χ0) is 15.0. The van der Waals surface area contributed by atoms with Gasteiger partial charge in [-0.25, -0.2) is 0 Å². The van der Waals surface area contributed by atoms with Crippen LogP contribution in [0.15, 0.2) is 60.8 Å². The molecule has 1 fully saturated rings. The fourth-order valence-corrected chi connectivity index (χ4v) is 3.84. The molecular weight excluding hydrogens is 268 g/mol. The van der Waals surface area contributed by atoms with E-state index in [1.54, 1.807) is 0 Å². The Morgan fingerprint density at radius 1 is 1.09 bits per heavy atom. The Hall–Kier alpha value is -2.06. The van der Waals surface area contributed by atoms with E-state index in [-0.39, 0.29) is 5.41 Å². The van der Waals surface area contributed by atoms with Gasteiger partial charge in [0.2, 0.25) is 0 Å². The van der Waals surface area contributed by atoms with E-state index >= 15 is 0 Å². The molecule has 1 aromatic heterocycles. The highest BCUT2D eigenvalue weighted by Crippen LogP contribution is 2.36. The van der Waals surface area contributed by atoms with Crippen molar-refractivity contribution in [2.24, 2.45) is 7.05 Å². The van der Waals surface area contributed by atoms with E-state index in [2.05, 4.69) is 77.7 Å². The van der Waals surface area contributed by atoms with Gasteiger partial charge in [-0.1, -0.05) is 36.4 Å². The monoisotopic (exact) mass is 290 g/mol. The zero-order valence-corrected chi connectivity index (χ0v) is 13.0. The minimum Gasteiger partial charge on any atom is -0.351 e. The summed E-state index contributed by atoms with van der Waals surface area (Å²) in [6.45, 7) is 2.18. The average Bonchev–Trinajstić information content (AvgIpc) is 3.16. The number of aromatic nitrogens is 1. The lowest BCUT2D eigenvalue weighted by atomic mass is 9.74. The number of benzene rings is 2. The van der Waals surface area contributed by atoms with E-state index in [0.717, 1.165) is 19.5 Å². The third-order valence-corrected chi connectivity index (χ3v) is 5.13. The molecular formula is C20H22N2. The largest absolute Gasteiger partial charge is 0.351 e. The summed E-state index contributed by atoms with van der Waals surface area (Å²) in [5.74, 6) is 0. The molecule has 0 aliphatic carbocycles. The summed E-state index contributed by atoms with van der Waals surface area (Å²) >= 11 is 0. The maximum absolute atomic E-state index is 3.58. The van der Waals surface area contributed by atoms with Crippen molar-refractivity contribution in [3.8, 4) is 0 Å². The van der Waals surface area contributed by atoms with Gasteiger partial charge in [-0.2, -0.15) is 0 Å². The van der Waals surface area contributed by atoms with Crippen LogP contribution in [0.3, 0.4) is 0 Å². The minimum atomic E-state index is 0.228. The molecule has 4 rings (SSSR count). The van der Waals surface area contributed by atoms with Gasteiger partial charge < -0.3 is 9.88 Å². The molecule has 1 aliphatic heterocycles. The van der Waals surface area contributed by atoms with Crippen LogP contribution >= 0.6 is 0 Å². The fourth-order valence-electron chi connectivity index (χ4n) is 3.84. The van der Waals surface area contributed by atoms with Crippen LogP contribution in [0.1, 0.15) is 17.5 Å². The lowest BCUT2D eigenvalue weighted by molar-refractivity contribution is 0.468. The highest BCUT2D eigenvalue weighted by Gasteiger charge is 2.35. The first-order valence-corrected chi connectivity index (χ1v) is 8.07. The Morgan fingerprint density at radius 2 is 1.95 bits per heavy atom. The molecule has 1 unspecified atom stereocenters. The van der Waals surface area contributed by atoms with Crippen LogP contribution in [0.25, 0.3) is 10.9 Å². The number of hydrogen-bond acceptors (Lipinski definition) is 1. The molecule has 0 saturated carbocycles. The second kappa shape index (κ2) is 5.29. The quantitative estimate of drug-likeness (QED) is 0.779. The van der Waals surface area contributed by atoms with Crippen LogP contribution in [0, 0.1) is 0 Å². The molecule has 1 atom stereocenters. The third-order valence-electron chi connectivity index (χ3n) is 5.13. The first-order valence-electron chi connectivity index (χ1n) is 8.07. The summed E-state index contributed by atoms with van der Waals surface area (Å²) in [5.41, 5.74) is 4.44. The lowest BCUT2D eigenvalue weighted by Gasteiger charge is -2.29. The standard InChI is InChI=1S/C20H22N2/c1-22-12-9-17-13-18(7-8-19(17)22)20(10-11-21-15-20)14-16-5-3-2-4-6-16/h2-9,12-13,21H,10-11,14-15H2,1H3. The van der Waals surface area contributed by atoms with E-state index in [4.69, 9.17) is 0 Å². The molecule has 1 saturated heterocycles. The van der Waals surface area contributed by atoms with Gasteiger partial charge in [-0.15, -0.1) is 0 Å². The summed E-state index contributed by atoms with van der Waals surface area (Å²) in [6.07, 6.45) is 4.46. The van der Waals surface area contributed by atoms with E-state index < -0.39 is 0 Å². The van der Waals surface area contributed by atoms with Crippen LogP contribution in [-0.4, -0.2) is 17.7 Å². The molecule has 1 N–H and O–H groups in total. The SMILES string of the molecule is Cn1ccc2cc(C3(Cc4ccccc4)CCNC3)ccc21. The van der Waals surface area contributed by atoms with Gasteiger partial charge in [0.1, 0.15) is 0 Å². The highest BCUT2D eigenvalue weighted by atomic mass is 14.9. The summed E-state index contributed by atoms with van der Waals surface area (Å²) < 4.78 is 2.19. The first kappa shape index (κ1) is 13.6. The van der Waals surface area contributed by atoms with Crippen LogP contribution in [0.2, 0.25) is 0 Å². The molecule has 2 aromatic carbocycles. The summed E-state index contributed by atoms with van der Waals surface area (Å²) in [5, 5.41) is 4.93. The normalized spacial score (nSPS) is 21.5. The van der Waals surface area contributed by atoms with Gasteiger partial charge in [0, 0.05) is 30.7 Å². The molecule has 0 radical (unpaired) electrons. The summed E-state index contributed by atoms with van der Waals surface area (Å²) in [6, 6.07) is 20.1. The van der Waals surface area contributed by atoms with Crippen LogP contribution in [0.5, 0.6) is 0 Å². The van der Waals surface area contributed by atoms with Gasteiger partial charge >= 0.3 is 0 Å². The first-order chi connectivity index (χ1) is 10.8. The molecule has 0 amide bonds. The zero-order valence-electron chi connectivity index (χ0n) is 13.0. The number of aryl methyl sites for hydroxylation is 1. The van der Waals surface area contributed by atoms with E-state index in [1.165, 1.54) is 28.5 Å². The summed E-state index contributed by atoms with van der Waals surface area (Å²) in [4.78, 5) is 0. The number of nitrogens with one attached hydrogen (secondary N) is 1. The fraction of sp³-hybridized carbons (Fsp3) is 0.300. The molecule has 22 heavy (non-hydrogen) atoms. The van der Waals surface area contributed by atoms with Crippen LogP contribution in [-0.2, 0) is 18.9 Å². The van der Waals surface area contributed by atoms with Crippen LogP contribution < -0.4 is 5.32 Å². The maximum atomic E-state index is 3.58.